The van der Waals surface area contributed by atoms with Gasteiger partial charge in [0, 0.05) is 4.47 Å². The standard InChI is InChI=1S/C18H17BrN2O4/c1-24-13-3-5-16-10(7-13)6-11(9-25-16)18(23)21-15-4-2-12(19)8-14(15)17(20)22/h2-5,7-8,11H,6,9H2,1H3,(H2,20,22)(H,21,23)/t11-/m0/s1. The Balaban J connectivity index is 1.77. The molecule has 3 rings (SSSR count). The molecular weight excluding hydrogens is 388 g/mol. The second kappa shape index (κ2) is 7.14. The van der Waals surface area contributed by atoms with E-state index in [-0.39, 0.29) is 24.0 Å². The van der Waals surface area contributed by atoms with Crippen molar-refractivity contribution in [1.82, 2.24) is 0 Å². The van der Waals surface area contributed by atoms with Crippen LogP contribution in [0.1, 0.15) is 15.9 Å². The van der Waals surface area contributed by atoms with Crippen molar-refractivity contribution in [3.05, 3.63) is 52.0 Å². The number of ether oxygens (including phenoxy) is 2. The van der Waals surface area contributed by atoms with Crippen LogP contribution in [0.2, 0.25) is 0 Å². The van der Waals surface area contributed by atoms with E-state index in [9.17, 15) is 9.59 Å². The van der Waals surface area contributed by atoms with E-state index in [1.807, 2.05) is 18.2 Å². The lowest BCUT2D eigenvalue weighted by Gasteiger charge is -2.25. The number of primary amides is 1. The summed E-state index contributed by atoms with van der Waals surface area (Å²) in [5.74, 6) is 0.271. The third kappa shape index (κ3) is 3.76. The number of fused-ring (bicyclic) bond motifs is 1. The molecule has 130 valence electrons. The van der Waals surface area contributed by atoms with Crippen molar-refractivity contribution in [2.45, 2.75) is 6.42 Å². The van der Waals surface area contributed by atoms with Crippen molar-refractivity contribution in [2.24, 2.45) is 11.7 Å². The maximum atomic E-state index is 12.6. The van der Waals surface area contributed by atoms with E-state index in [0.29, 0.717) is 22.3 Å². The van der Waals surface area contributed by atoms with Crippen LogP contribution < -0.4 is 20.5 Å². The van der Waals surface area contributed by atoms with E-state index in [4.69, 9.17) is 15.2 Å². The third-order valence-electron chi connectivity index (χ3n) is 4.05. The quantitative estimate of drug-likeness (QED) is 0.819. The highest BCUT2D eigenvalue weighted by Crippen LogP contribution is 2.31. The Bertz CT molecular complexity index is 838. The molecule has 0 spiro atoms. The summed E-state index contributed by atoms with van der Waals surface area (Å²) in [6, 6.07) is 10.5. The van der Waals surface area contributed by atoms with Crippen molar-refractivity contribution in [3.63, 3.8) is 0 Å². The number of hydrogen-bond acceptors (Lipinski definition) is 4. The molecule has 0 aliphatic carbocycles. The largest absolute Gasteiger partial charge is 0.497 e. The minimum Gasteiger partial charge on any atom is -0.497 e. The average Bonchev–Trinajstić information content (AvgIpc) is 2.61. The van der Waals surface area contributed by atoms with Crippen LogP contribution in [0, 0.1) is 5.92 Å². The van der Waals surface area contributed by atoms with Crippen LogP contribution in [0.5, 0.6) is 11.5 Å². The Morgan fingerprint density at radius 3 is 2.80 bits per heavy atom. The number of nitrogens with two attached hydrogens (primary N) is 1. The number of carbonyl (C=O) groups excluding carboxylic acids is 2. The van der Waals surface area contributed by atoms with Gasteiger partial charge in [-0.15, -0.1) is 0 Å². The van der Waals surface area contributed by atoms with Crippen LogP contribution in [0.25, 0.3) is 0 Å². The topological polar surface area (TPSA) is 90.6 Å². The highest BCUT2D eigenvalue weighted by Gasteiger charge is 2.27. The molecule has 2 aromatic carbocycles. The van der Waals surface area contributed by atoms with E-state index in [1.54, 1.807) is 25.3 Å². The zero-order valence-electron chi connectivity index (χ0n) is 13.5. The first-order valence-electron chi connectivity index (χ1n) is 7.68. The molecule has 1 aliphatic heterocycles. The van der Waals surface area contributed by atoms with Crippen LogP contribution in [0.15, 0.2) is 40.9 Å². The van der Waals surface area contributed by atoms with Crippen molar-refractivity contribution >= 4 is 33.4 Å². The highest BCUT2D eigenvalue weighted by molar-refractivity contribution is 9.10. The van der Waals surface area contributed by atoms with E-state index in [1.165, 1.54) is 0 Å². The predicted octanol–water partition coefficient (Wildman–Crippen LogP) is 2.75. The summed E-state index contributed by atoms with van der Waals surface area (Å²) < 4.78 is 11.6. The minimum absolute atomic E-state index is 0.224. The van der Waals surface area contributed by atoms with Crippen molar-refractivity contribution < 1.29 is 19.1 Å². The Labute approximate surface area is 153 Å². The number of hydrogen-bond donors (Lipinski definition) is 2. The maximum Gasteiger partial charge on any atom is 0.250 e. The van der Waals surface area contributed by atoms with E-state index >= 15 is 0 Å². The van der Waals surface area contributed by atoms with Gasteiger partial charge in [-0.25, -0.2) is 0 Å². The number of benzene rings is 2. The summed E-state index contributed by atoms with van der Waals surface area (Å²) in [6.07, 6.45) is 0.529. The molecule has 0 bridgehead atoms. The molecule has 0 saturated carbocycles. The smallest absolute Gasteiger partial charge is 0.250 e. The summed E-state index contributed by atoms with van der Waals surface area (Å²) in [4.78, 5) is 24.2. The van der Waals surface area contributed by atoms with E-state index < -0.39 is 5.91 Å². The number of methoxy groups -OCH3 is 1. The van der Waals surface area contributed by atoms with Gasteiger partial charge in [-0.05, 0) is 48.4 Å². The number of anilines is 1. The Morgan fingerprint density at radius 2 is 2.08 bits per heavy atom. The monoisotopic (exact) mass is 404 g/mol. The molecule has 1 atom stereocenters. The summed E-state index contributed by atoms with van der Waals surface area (Å²) in [5, 5.41) is 2.78. The summed E-state index contributed by atoms with van der Waals surface area (Å²) in [6.45, 7) is 0.271. The number of halogens is 1. The Kier molecular flexibility index (Phi) is 4.94. The van der Waals surface area contributed by atoms with Gasteiger partial charge in [0.25, 0.3) is 5.91 Å². The minimum atomic E-state index is -0.605. The van der Waals surface area contributed by atoms with Crippen molar-refractivity contribution in [3.8, 4) is 11.5 Å². The van der Waals surface area contributed by atoms with Gasteiger partial charge < -0.3 is 20.5 Å². The number of rotatable bonds is 4. The van der Waals surface area contributed by atoms with Gasteiger partial charge in [0.2, 0.25) is 5.91 Å². The first-order chi connectivity index (χ1) is 12.0. The van der Waals surface area contributed by atoms with Gasteiger partial charge in [-0.2, -0.15) is 0 Å². The third-order valence-corrected chi connectivity index (χ3v) is 4.54. The molecule has 3 N–H and O–H groups in total. The fraction of sp³-hybridized carbons (Fsp3) is 0.222. The van der Waals surface area contributed by atoms with Crippen molar-refractivity contribution in [1.29, 1.82) is 0 Å². The van der Waals surface area contributed by atoms with Gasteiger partial charge >= 0.3 is 0 Å². The Hall–Kier alpha value is -2.54. The molecule has 0 aromatic heterocycles. The molecule has 0 unspecified atom stereocenters. The molecule has 0 fully saturated rings. The molecule has 2 amide bonds. The zero-order chi connectivity index (χ0) is 18.0. The Morgan fingerprint density at radius 1 is 1.28 bits per heavy atom. The molecule has 0 radical (unpaired) electrons. The van der Waals surface area contributed by atoms with Gasteiger partial charge in [0.05, 0.1) is 24.3 Å². The first-order valence-corrected chi connectivity index (χ1v) is 8.47. The van der Waals surface area contributed by atoms with Crippen LogP contribution >= 0.6 is 15.9 Å². The van der Waals surface area contributed by atoms with Crippen LogP contribution in [0.4, 0.5) is 5.69 Å². The molecule has 2 aromatic rings. The van der Waals surface area contributed by atoms with Crippen molar-refractivity contribution in [2.75, 3.05) is 19.0 Å². The maximum absolute atomic E-state index is 12.6. The lowest BCUT2D eigenvalue weighted by atomic mass is 9.95. The summed E-state index contributed by atoms with van der Waals surface area (Å²) in [7, 11) is 1.59. The van der Waals surface area contributed by atoms with Crippen LogP contribution in [-0.2, 0) is 11.2 Å². The molecule has 7 heteroatoms. The number of carbonyl (C=O) groups is 2. The van der Waals surface area contributed by atoms with Gasteiger partial charge in [0.1, 0.15) is 18.1 Å². The second-order valence-electron chi connectivity index (χ2n) is 5.73. The van der Waals surface area contributed by atoms with E-state index in [2.05, 4.69) is 21.2 Å². The SMILES string of the molecule is COc1ccc2c(c1)C[C@H](C(=O)Nc1ccc(Br)cc1C(N)=O)CO2. The normalized spacial score (nSPS) is 15.7. The average molecular weight is 405 g/mol. The fourth-order valence-corrected chi connectivity index (χ4v) is 3.09. The van der Waals surface area contributed by atoms with Gasteiger partial charge in [-0.3, -0.25) is 9.59 Å². The molecule has 6 nitrogen and oxygen atoms in total. The zero-order valence-corrected chi connectivity index (χ0v) is 15.1. The second-order valence-corrected chi connectivity index (χ2v) is 6.64. The number of nitrogens with one attached hydrogen (secondary N) is 1. The lowest BCUT2D eigenvalue weighted by molar-refractivity contribution is -0.121. The van der Waals surface area contributed by atoms with E-state index in [0.717, 1.165) is 11.3 Å². The molecule has 1 heterocycles. The molecule has 0 saturated heterocycles. The highest BCUT2D eigenvalue weighted by atomic mass is 79.9. The number of amides is 2. The van der Waals surface area contributed by atoms with Crippen LogP contribution in [0.3, 0.4) is 0 Å². The van der Waals surface area contributed by atoms with Gasteiger partial charge in [0.15, 0.2) is 0 Å². The molecular formula is C18H17BrN2O4. The lowest BCUT2D eigenvalue weighted by Crippen LogP contribution is -2.33. The fourth-order valence-electron chi connectivity index (χ4n) is 2.73. The first kappa shape index (κ1) is 17.3. The van der Waals surface area contributed by atoms with Gasteiger partial charge in [-0.1, -0.05) is 15.9 Å². The molecule has 25 heavy (non-hydrogen) atoms. The predicted molar refractivity (Wildman–Crippen MR) is 97.0 cm³/mol. The van der Waals surface area contributed by atoms with Crippen LogP contribution in [-0.4, -0.2) is 25.5 Å². The summed E-state index contributed by atoms with van der Waals surface area (Å²) in [5.41, 5.74) is 6.93. The summed E-state index contributed by atoms with van der Waals surface area (Å²) >= 11 is 3.29. The molecule has 1 aliphatic rings.